The van der Waals surface area contributed by atoms with E-state index in [0.717, 1.165) is 61.4 Å². The molecule has 1 aromatic carbocycles. The summed E-state index contributed by atoms with van der Waals surface area (Å²) in [5.41, 5.74) is 0.879. The van der Waals surface area contributed by atoms with Crippen LogP contribution in [0.3, 0.4) is 0 Å². The second-order valence-corrected chi connectivity index (χ2v) is 6.87. The third kappa shape index (κ3) is 3.33. The quantitative estimate of drug-likeness (QED) is 0.847. The number of nitrogens with zero attached hydrogens (tertiary/aromatic N) is 3. The van der Waals surface area contributed by atoms with Gasteiger partial charge in [0.25, 0.3) is 5.91 Å². The van der Waals surface area contributed by atoms with Crippen LogP contribution in [0.2, 0.25) is 0 Å². The molecule has 0 aliphatic carbocycles. The highest BCUT2D eigenvalue weighted by Crippen LogP contribution is 2.26. The maximum Gasteiger partial charge on any atom is 0.251 e. The smallest absolute Gasteiger partial charge is 0.251 e. The molecule has 0 spiro atoms. The topological polar surface area (TPSA) is 54.9 Å². The number of methoxy groups -OCH3 is 1. The maximum absolute atomic E-state index is 12.6. The highest BCUT2D eigenvalue weighted by molar-refractivity contribution is 5.86. The Labute approximate surface area is 153 Å². The van der Waals surface area contributed by atoms with Gasteiger partial charge in [-0.1, -0.05) is 12.1 Å². The molecular formula is C20H25N3O3. The van der Waals surface area contributed by atoms with Gasteiger partial charge >= 0.3 is 0 Å². The van der Waals surface area contributed by atoms with Gasteiger partial charge < -0.3 is 19.3 Å². The summed E-state index contributed by atoms with van der Waals surface area (Å²) in [5, 5.41) is 1.07. The van der Waals surface area contributed by atoms with Crippen LogP contribution in [0, 0.1) is 0 Å². The van der Waals surface area contributed by atoms with Crippen LogP contribution in [-0.2, 0) is 9.53 Å². The lowest BCUT2D eigenvalue weighted by Crippen LogP contribution is -2.41. The molecule has 2 aromatic rings. The zero-order chi connectivity index (χ0) is 17.9. The van der Waals surface area contributed by atoms with Crippen molar-refractivity contribution in [2.75, 3.05) is 44.8 Å². The van der Waals surface area contributed by atoms with Crippen molar-refractivity contribution in [1.82, 2.24) is 9.88 Å². The van der Waals surface area contributed by atoms with Gasteiger partial charge in [0, 0.05) is 38.2 Å². The van der Waals surface area contributed by atoms with Crippen molar-refractivity contribution in [2.45, 2.75) is 25.4 Å². The van der Waals surface area contributed by atoms with E-state index >= 15 is 0 Å². The lowest BCUT2D eigenvalue weighted by Gasteiger charge is -2.24. The molecule has 2 saturated heterocycles. The largest absolute Gasteiger partial charge is 0.494 e. The molecule has 4 rings (SSSR count). The zero-order valence-electron chi connectivity index (χ0n) is 15.2. The second-order valence-electron chi connectivity index (χ2n) is 6.87. The number of amides is 1. The minimum absolute atomic E-state index is 0.150. The van der Waals surface area contributed by atoms with Crippen LogP contribution in [0.1, 0.15) is 19.3 Å². The fraction of sp³-hybridized carbons (Fsp3) is 0.500. The summed E-state index contributed by atoms with van der Waals surface area (Å²) in [5.74, 6) is 1.88. The van der Waals surface area contributed by atoms with Gasteiger partial charge in [0.2, 0.25) is 0 Å². The third-order valence-corrected chi connectivity index (χ3v) is 5.23. The Hall–Kier alpha value is -2.34. The first-order chi connectivity index (χ1) is 12.8. The number of carbonyl (C=O) groups excluding carboxylic acids is 1. The summed E-state index contributed by atoms with van der Waals surface area (Å²) in [6.07, 6.45) is 2.54. The van der Waals surface area contributed by atoms with E-state index in [2.05, 4.69) is 17.0 Å². The van der Waals surface area contributed by atoms with Crippen molar-refractivity contribution in [1.29, 1.82) is 0 Å². The van der Waals surface area contributed by atoms with E-state index in [-0.39, 0.29) is 12.0 Å². The number of rotatable bonds is 3. The zero-order valence-corrected chi connectivity index (χ0v) is 15.2. The molecule has 0 saturated carbocycles. The van der Waals surface area contributed by atoms with E-state index in [1.807, 2.05) is 23.1 Å². The van der Waals surface area contributed by atoms with Gasteiger partial charge in [0.15, 0.2) is 0 Å². The molecule has 1 atom stereocenters. The van der Waals surface area contributed by atoms with Crippen molar-refractivity contribution < 1.29 is 14.3 Å². The number of fused-ring (bicyclic) bond motifs is 1. The van der Waals surface area contributed by atoms with Crippen molar-refractivity contribution in [3.8, 4) is 5.75 Å². The Morgan fingerprint density at radius 3 is 2.88 bits per heavy atom. The lowest BCUT2D eigenvalue weighted by atomic mass is 10.2. The summed E-state index contributed by atoms with van der Waals surface area (Å²) in [6.45, 7) is 3.88. The van der Waals surface area contributed by atoms with Gasteiger partial charge in [0.05, 0.1) is 7.11 Å². The van der Waals surface area contributed by atoms with Gasteiger partial charge in [-0.15, -0.1) is 0 Å². The summed E-state index contributed by atoms with van der Waals surface area (Å²) < 4.78 is 11.0. The normalized spacial score (nSPS) is 21.0. The Morgan fingerprint density at radius 1 is 1.15 bits per heavy atom. The van der Waals surface area contributed by atoms with Crippen LogP contribution in [0.5, 0.6) is 5.75 Å². The number of aromatic nitrogens is 1. The first-order valence-electron chi connectivity index (χ1n) is 9.35. The van der Waals surface area contributed by atoms with Crippen molar-refractivity contribution in [3.05, 3.63) is 30.3 Å². The average Bonchev–Trinajstić information content (AvgIpc) is 3.11. The second kappa shape index (κ2) is 7.50. The summed E-state index contributed by atoms with van der Waals surface area (Å²) >= 11 is 0. The lowest BCUT2D eigenvalue weighted by molar-refractivity contribution is -0.140. The van der Waals surface area contributed by atoms with Crippen molar-refractivity contribution >= 4 is 22.6 Å². The fourth-order valence-corrected chi connectivity index (χ4v) is 3.79. The van der Waals surface area contributed by atoms with Crippen molar-refractivity contribution in [3.63, 3.8) is 0 Å². The Morgan fingerprint density at radius 2 is 2.08 bits per heavy atom. The molecule has 26 heavy (non-hydrogen) atoms. The minimum atomic E-state index is -0.232. The molecule has 0 bridgehead atoms. The molecule has 1 aromatic heterocycles. The predicted octanol–water partition coefficient (Wildman–Crippen LogP) is 2.46. The number of para-hydroxylation sites is 1. The van der Waals surface area contributed by atoms with Gasteiger partial charge in [0.1, 0.15) is 23.2 Å². The van der Waals surface area contributed by atoms with Crippen LogP contribution >= 0.6 is 0 Å². The van der Waals surface area contributed by atoms with Gasteiger partial charge in [-0.25, -0.2) is 4.98 Å². The van der Waals surface area contributed by atoms with Crippen LogP contribution in [-0.4, -0.2) is 61.8 Å². The number of anilines is 1. The maximum atomic E-state index is 12.6. The number of hydrogen-bond donors (Lipinski definition) is 0. The third-order valence-electron chi connectivity index (χ3n) is 5.23. The van der Waals surface area contributed by atoms with E-state index in [0.29, 0.717) is 13.2 Å². The van der Waals surface area contributed by atoms with E-state index in [1.54, 1.807) is 7.11 Å². The van der Waals surface area contributed by atoms with Gasteiger partial charge in [-0.05, 0) is 37.5 Å². The van der Waals surface area contributed by atoms with Crippen molar-refractivity contribution in [2.24, 2.45) is 0 Å². The molecule has 0 N–H and O–H groups in total. The molecule has 138 valence electrons. The summed E-state index contributed by atoms with van der Waals surface area (Å²) in [7, 11) is 1.67. The van der Waals surface area contributed by atoms with E-state index in [4.69, 9.17) is 14.5 Å². The molecule has 2 fully saturated rings. The molecule has 2 aliphatic rings. The highest BCUT2D eigenvalue weighted by atomic mass is 16.5. The number of benzene rings is 1. The van der Waals surface area contributed by atoms with Crippen LogP contribution in [0.4, 0.5) is 5.82 Å². The molecule has 1 amide bonds. The monoisotopic (exact) mass is 355 g/mol. The molecule has 6 heteroatoms. The first-order valence-corrected chi connectivity index (χ1v) is 9.35. The Bertz CT molecular complexity index is 789. The molecular weight excluding hydrogens is 330 g/mol. The van der Waals surface area contributed by atoms with Gasteiger partial charge in [-0.2, -0.15) is 0 Å². The highest BCUT2D eigenvalue weighted by Gasteiger charge is 2.29. The Balaban J connectivity index is 1.50. The molecule has 6 nitrogen and oxygen atoms in total. The Kier molecular flexibility index (Phi) is 4.93. The molecule has 1 unspecified atom stereocenters. The summed E-state index contributed by atoms with van der Waals surface area (Å²) in [4.78, 5) is 21.7. The first kappa shape index (κ1) is 17.1. The number of pyridine rings is 1. The van der Waals surface area contributed by atoms with E-state index in [1.165, 1.54) is 0 Å². The van der Waals surface area contributed by atoms with Crippen LogP contribution < -0.4 is 9.64 Å². The SMILES string of the molecule is COc1cccc2ccc(N3CCCN(C(=O)C4CCCO4)CC3)nc12. The molecule has 2 aliphatic heterocycles. The predicted molar refractivity (Wildman–Crippen MR) is 101 cm³/mol. The van der Waals surface area contributed by atoms with E-state index in [9.17, 15) is 4.79 Å². The molecule has 3 heterocycles. The number of hydrogen-bond acceptors (Lipinski definition) is 5. The number of carbonyl (C=O) groups is 1. The van der Waals surface area contributed by atoms with E-state index < -0.39 is 0 Å². The standard InChI is InChI=1S/C20H25N3O3/c1-25-16-6-2-5-15-8-9-18(21-19(15)16)22-10-4-11-23(13-12-22)20(24)17-7-3-14-26-17/h2,5-6,8-9,17H,3-4,7,10-14H2,1H3. The van der Waals surface area contributed by atoms with Crippen LogP contribution in [0.25, 0.3) is 10.9 Å². The van der Waals surface area contributed by atoms with Gasteiger partial charge in [-0.3, -0.25) is 4.79 Å². The molecule has 0 radical (unpaired) electrons. The summed E-state index contributed by atoms with van der Waals surface area (Å²) in [6, 6.07) is 10.1. The fourth-order valence-electron chi connectivity index (χ4n) is 3.79. The number of ether oxygens (including phenoxy) is 2. The van der Waals surface area contributed by atoms with Crippen LogP contribution in [0.15, 0.2) is 30.3 Å². The minimum Gasteiger partial charge on any atom is -0.494 e. The average molecular weight is 355 g/mol.